The molecule has 2 atom stereocenters. The molecule has 3 rings (SSSR count). The van der Waals surface area contributed by atoms with Crippen molar-refractivity contribution in [3.8, 4) is 5.75 Å². The number of amides is 1. The molecule has 162 valence electrons. The van der Waals surface area contributed by atoms with Gasteiger partial charge in [0.1, 0.15) is 5.75 Å². The van der Waals surface area contributed by atoms with Gasteiger partial charge in [-0.2, -0.15) is 0 Å². The van der Waals surface area contributed by atoms with E-state index in [1.54, 1.807) is 21.0 Å². The van der Waals surface area contributed by atoms with Gasteiger partial charge in [0.25, 0.3) is 5.91 Å². The zero-order valence-electron chi connectivity index (χ0n) is 18.9. The van der Waals surface area contributed by atoms with Gasteiger partial charge >= 0.3 is 5.97 Å². The predicted octanol–water partition coefficient (Wildman–Crippen LogP) is 5.45. The van der Waals surface area contributed by atoms with Gasteiger partial charge in [0.15, 0.2) is 6.10 Å². The van der Waals surface area contributed by atoms with Crippen LogP contribution in [0.1, 0.15) is 42.0 Å². The minimum atomic E-state index is -0.903. The lowest BCUT2D eigenvalue weighted by Gasteiger charge is -2.19. The van der Waals surface area contributed by atoms with Crippen molar-refractivity contribution in [2.45, 2.75) is 46.6 Å². The SMILES string of the molecule is COc1ccc2cc([C@H](C)C(=O)O[C@@H](C)C(=O)Nc3c(C)cc(C)cc3C)ccc2c1. The molecule has 5 heteroatoms. The van der Waals surface area contributed by atoms with E-state index in [9.17, 15) is 9.59 Å². The number of fused-ring (bicyclic) bond motifs is 1. The number of anilines is 1. The monoisotopic (exact) mass is 419 g/mol. The molecule has 5 nitrogen and oxygen atoms in total. The highest BCUT2D eigenvalue weighted by Crippen LogP contribution is 2.26. The Morgan fingerprint density at radius 2 is 1.48 bits per heavy atom. The Balaban J connectivity index is 1.68. The molecule has 0 spiro atoms. The number of hydrogen-bond donors (Lipinski definition) is 1. The first-order chi connectivity index (χ1) is 14.7. The van der Waals surface area contributed by atoms with E-state index in [0.29, 0.717) is 0 Å². The molecule has 0 saturated heterocycles. The summed E-state index contributed by atoms with van der Waals surface area (Å²) < 4.78 is 10.7. The van der Waals surface area contributed by atoms with Gasteiger partial charge in [-0.1, -0.05) is 42.0 Å². The fourth-order valence-electron chi connectivity index (χ4n) is 3.71. The molecule has 0 bridgehead atoms. The number of esters is 1. The van der Waals surface area contributed by atoms with Crippen molar-refractivity contribution in [2.24, 2.45) is 0 Å². The second-order valence-electron chi connectivity index (χ2n) is 8.04. The molecule has 0 unspecified atom stereocenters. The largest absolute Gasteiger partial charge is 0.497 e. The van der Waals surface area contributed by atoms with Crippen LogP contribution in [0.25, 0.3) is 10.8 Å². The normalized spacial score (nSPS) is 12.8. The van der Waals surface area contributed by atoms with Crippen molar-refractivity contribution in [2.75, 3.05) is 12.4 Å². The molecular weight excluding hydrogens is 390 g/mol. The summed E-state index contributed by atoms with van der Waals surface area (Å²) in [5.41, 5.74) is 4.68. The van der Waals surface area contributed by atoms with Crippen LogP contribution in [0.2, 0.25) is 0 Å². The molecule has 0 fully saturated rings. The number of aryl methyl sites for hydroxylation is 3. The fourth-order valence-corrected chi connectivity index (χ4v) is 3.71. The van der Waals surface area contributed by atoms with Gasteiger partial charge in [0, 0.05) is 5.69 Å². The molecule has 0 heterocycles. The van der Waals surface area contributed by atoms with Gasteiger partial charge in [-0.3, -0.25) is 9.59 Å². The van der Waals surface area contributed by atoms with Gasteiger partial charge in [0.2, 0.25) is 0 Å². The zero-order chi connectivity index (χ0) is 22.7. The number of nitrogens with one attached hydrogen (secondary N) is 1. The van der Waals surface area contributed by atoms with Crippen molar-refractivity contribution in [3.63, 3.8) is 0 Å². The van der Waals surface area contributed by atoms with Crippen molar-refractivity contribution >= 4 is 28.3 Å². The number of carbonyl (C=O) groups is 2. The summed E-state index contributed by atoms with van der Waals surface area (Å²) in [6, 6.07) is 15.6. The lowest BCUT2D eigenvalue weighted by Crippen LogP contribution is -2.31. The van der Waals surface area contributed by atoms with E-state index in [1.165, 1.54) is 0 Å². The van der Waals surface area contributed by atoms with Crippen LogP contribution in [0.4, 0.5) is 5.69 Å². The highest BCUT2D eigenvalue weighted by atomic mass is 16.5. The quantitative estimate of drug-likeness (QED) is 0.540. The van der Waals surface area contributed by atoms with Crippen molar-refractivity contribution in [3.05, 3.63) is 70.8 Å². The lowest BCUT2D eigenvalue weighted by molar-refractivity contribution is -0.154. The second kappa shape index (κ2) is 9.21. The maximum absolute atomic E-state index is 12.7. The van der Waals surface area contributed by atoms with Crippen LogP contribution >= 0.6 is 0 Å². The molecule has 3 aromatic rings. The van der Waals surface area contributed by atoms with Gasteiger partial charge in [-0.25, -0.2) is 0 Å². The Bertz CT molecular complexity index is 1110. The molecule has 0 aliphatic heterocycles. The van der Waals surface area contributed by atoms with Crippen LogP contribution in [0.3, 0.4) is 0 Å². The topological polar surface area (TPSA) is 64.6 Å². The minimum Gasteiger partial charge on any atom is -0.497 e. The molecule has 1 N–H and O–H groups in total. The zero-order valence-corrected chi connectivity index (χ0v) is 18.9. The van der Waals surface area contributed by atoms with Crippen molar-refractivity contribution in [1.29, 1.82) is 0 Å². The summed E-state index contributed by atoms with van der Waals surface area (Å²) in [4.78, 5) is 25.3. The van der Waals surface area contributed by atoms with E-state index in [4.69, 9.17) is 9.47 Å². The Kier molecular flexibility index (Phi) is 6.64. The molecule has 3 aromatic carbocycles. The van der Waals surface area contributed by atoms with Crippen LogP contribution in [0, 0.1) is 20.8 Å². The minimum absolute atomic E-state index is 0.346. The first-order valence-corrected chi connectivity index (χ1v) is 10.4. The summed E-state index contributed by atoms with van der Waals surface area (Å²) in [6.45, 7) is 9.28. The first kappa shape index (κ1) is 22.3. The van der Waals surface area contributed by atoms with Gasteiger partial charge in [-0.05, 0) is 74.2 Å². The van der Waals surface area contributed by atoms with Gasteiger partial charge in [0.05, 0.1) is 13.0 Å². The highest BCUT2D eigenvalue weighted by molar-refractivity contribution is 5.97. The third kappa shape index (κ3) is 5.05. The Morgan fingerprint density at radius 1 is 0.871 bits per heavy atom. The standard InChI is InChI=1S/C26H29NO4/c1-15-11-16(2)24(17(3)12-15)27-25(28)19(5)31-26(29)18(4)20-7-8-22-14-23(30-6)10-9-21(22)13-20/h7-14,18-19H,1-6H3,(H,27,28)/t18-,19-/m0/s1. The van der Waals surface area contributed by atoms with E-state index in [0.717, 1.165) is 44.5 Å². The molecule has 0 aliphatic carbocycles. The van der Waals surface area contributed by atoms with Crippen LogP contribution < -0.4 is 10.1 Å². The number of hydrogen-bond acceptors (Lipinski definition) is 4. The summed E-state index contributed by atoms with van der Waals surface area (Å²) in [5, 5.41) is 4.93. The van der Waals surface area contributed by atoms with Crippen LogP contribution in [-0.2, 0) is 14.3 Å². The molecule has 0 aromatic heterocycles. The number of benzene rings is 3. The van der Waals surface area contributed by atoms with Crippen LogP contribution in [-0.4, -0.2) is 25.1 Å². The van der Waals surface area contributed by atoms with Crippen LogP contribution in [0.5, 0.6) is 5.75 Å². The Morgan fingerprint density at radius 3 is 2.13 bits per heavy atom. The van der Waals surface area contributed by atoms with Crippen LogP contribution in [0.15, 0.2) is 48.5 Å². The predicted molar refractivity (Wildman–Crippen MR) is 124 cm³/mol. The summed E-state index contributed by atoms with van der Waals surface area (Å²) in [7, 11) is 1.63. The third-order valence-corrected chi connectivity index (χ3v) is 5.51. The Hall–Kier alpha value is -3.34. The highest BCUT2D eigenvalue weighted by Gasteiger charge is 2.24. The molecule has 0 radical (unpaired) electrons. The molecular formula is C26H29NO4. The van der Waals surface area contributed by atoms with Crippen molar-refractivity contribution < 1.29 is 19.1 Å². The second-order valence-corrected chi connectivity index (χ2v) is 8.04. The average molecular weight is 420 g/mol. The van der Waals surface area contributed by atoms with E-state index >= 15 is 0 Å². The number of methoxy groups -OCH3 is 1. The fraction of sp³-hybridized carbons (Fsp3) is 0.308. The first-order valence-electron chi connectivity index (χ1n) is 10.4. The number of rotatable bonds is 6. The molecule has 0 aliphatic rings. The van der Waals surface area contributed by atoms with E-state index < -0.39 is 18.0 Å². The number of ether oxygens (including phenoxy) is 2. The van der Waals surface area contributed by atoms with Gasteiger partial charge in [-0.15, -0.1) is 0 Å². The lowest BCUT2D eigenvalue weighted by atomic mass is 9.97. The molecule has 0 saturated carbocycles. The van der Waals surface area contributed by atoms with Crippen molar-refractivity contribution in [1.82, 2.24) is 0 Å². The smallest absolute Gasteiger partial charge is 0.313 e. The maximum atomic E-state index is 12.7. The third-order valence-electron chi connectivity index (χ3n) is 5.51. The average Bonchev–Trinajstić information content (AvgIpc) is 2.74. The van der Waals surface area contributed by atoms with E-state index in [1.807, 2.05) is 69.3 Å². The maximum Gasteiger partial charge on any atom is 0.313 e. The van der Waals surface area contributed by atoms with Gasteiger partial charge < -0.3 is 14.8 Å². The summed E-state index contributed by atoms with van der Waals surface area (Å²) in [5.74, 6) is -0.495. The molecule has 1 amide bonds. The summed E-state index contributed by atoms with van der Waals surface area (Å²) >= 11 is 0. The summed E-state index contributed by atoms with van der Waals surface area (Å²) in [6.07, 6.45) is -0.903. The van der Waals surface area contributed by atoms with E-state index in [-0.39, 0.29) is 5.91 Å². The number of carbonyl (C=O) groups excluding carboxylic acids is 2. The van der Waals surface area contributed by atoms with E-state index in [2.05, 4.69) is 5.32 Å². The molecule has 31 heavy (non-hydrogen) atoms. The Labute approximate surface area is 183 Å².